The number of benzene rings is 2. The monoisotopic (exact) mass is 362 g/mol. The van der Waals surface area contributed by atoms with E-state index in [0.29, 0.717) is 0 Å². The normalized spacial score (nSPS) is 10.1. The third kappa shape index (κ3) is 3.86. The van der Waals surface area contributed by atoms with Gasteiger partial charge in [0, 0.05) is 12.1 Å². The molecule has 0 aliphatic heterocycles. The van der Waals surface area contributed by atoms with Crippen LogP contribution in [-0.2, 0) is 11.3 Å². The highest BCUT2D eigenvalue weighted by molar-refractivity contribution is 5.95. The Hall–Kier alpha value is -3.69. The van der Waals surface area contributed by atoms with E-state index in [2.05, 4.69) is 0 Å². The van der Waals surface area contributed by atoms with Gasteiger partial charge in [-0.3, -0.25) is 20.2 Å². The van der Waals surface area contributed by atoms with Gasteiger partial charge in [0.15, 0.2) is 11.5 Å². The van der Waals surface area contributed by atoms with Crippen molar-refractivity contribution in [2.75, 3.05) is 14.2 Å². The van der Waals surface area contributed by atoms with Gasteiger partial charge in [-0.25, -0.2) is 4.79 Å². The smallest absolute Gasteiger partial charge is 0.345 e. The van der Waals surface area contributed by atoms with Crippen molar-refractivity contribution in [1.82, 2.24) is 0 Å². The summed E-state index contributed by atoms with van der Waals surface area (Å²) in [6.07, 6.45) is 0. The third-order valence-corrected chi connectivity index (χ3v) is 3.47. The summed E-state index contributed by atoms with van der Waals surface area (Å²) in [7, 11) is 2.61. The Labute approximate surface area is 147 Å². The lowest BCUT2D eigenvalue weighted by atomic mass is 10.1. The Morgan fingerprint density at radius 3 is 2.12 bits per heavy atom. The number of methoxy groups -OCH3 is 2. The van der Waals surface area contributed by atoms with Crippen LogP contribution in [-0.4, -0.2) is 30.0 Å². The van der Waals surface area contributed by atoms with Crippen LogP contribution >= 0.6 is 0 Å². The van der Waals surface area contributed by atoms with Crippen molar-refractivity contribution in [2.45, 2.75) is 6.61 Å². The van der Waals surface area contributed by atoms with E-state index in [1.54, 1.807) is 6.07 Å². The zero-order valence-corrected chi connectivity index (χ0v) is 13.8. The van der Waals surface area contributed by atoms with Crippen molar-refractivity contribution in [2.24, 2.45) is 0 Å². The molecule has 0 saturated carbocycles. The molecule has 0 N–H and O–H groups in total. The van der Waals surface area contributed by atoms with Crippen LogP contribution in [0.25, 0.3) is 0 Å². The number of hydrogen-bond acceptors (Lipinski definition) is 8. The van der Waals surface area contributed by atoms with Gasteiger partial charge >= 0.3 is 5.97 Å². The first-order valence-electron chi connectivity index (χ1n) is 7.18. The van der Waals surface area contributed by atoms with Gasteiger partial charge in [-0.15, -0.1) is 0 Å². The number of hydrogen-bond donors (Lipinski definition) is 0. The number of para-hydroxylation sites is 1. The maximum atomic E-state index is 12.3. The van der Waals surface area contributed by atoms with Crippen LogP contribution in [0.5, 0.6) is 11.5 Å². The molecule has 0 unspecified atom stereocenters. The third-order valence-electron chi connectivity index (χ3n) is 3.47. The summed E-state index contributed by atoms with van der Waals surface area (Å²) in [4.78, 5) is 33.1. The van der Waals surface area contributed by atoms with Crippen LogP contribution in [0.3, 0.4) is 0 Å². The van der Waals surface area contributed by atoms with E-state index in [-0.39, 0.29) is 28.3 Å². The summed E-state index contributed by atoms with van der Waals surface area (Å²) < 4.78 is 15.0. The molecule has 0 aliphatic carbocycles. The average molecular weight is 362 g/mol. The summed E-state index contributed by atoms with van der Waals surface area (Å²) in [6, 6.07) is 7.88. The van der Waals surface area contributed by atoms with Gasteiger partial charge in [-0.2, -0.15) is 0 Å². The number of rotatable bonds is 7. The number of nitro groups is 2. The highest BCUT2D eigenvalue weighted by Crippen LogP contribution is 2.35. The molecule has 136 valence electrons. The summed E-state index contributed by atoms with van der Waals surface area (Å²) >= 11 is 0. The Bertz CT molecular complexity index is 865. The van der Waals surface area contributed by atoms with Crippen LogP contribution in [0, 0.1) is 20.2 Å². The van der Waals surface area contributed by atoms with Crippen LogP contribution in [0.15, 0.2) is 36.4 Å². The first-order valence-corrected chi connectivity index (χ1v) is 7.18. The van der Waals surface area contributed by atoms with Crippen molar-refractivity contribution in [3.05, 3.63) is 67.8 Å². The van der Waals surface area contributed by atoms with Crippen molar-refractivity contribution in [3.8, 4) is 11.5 Å². The first-order chi connectivity index (χ1) is 12.4. The molecule has 0 radical (unpaired) electrons. The average Bonchev–Trinajstić information content (AvgIpc) is 2.64. The van der Waals surface area contributed by atoms with Gasteiger partial charge in [-0.05, 0) is 6.07 Å². The molecule has 10 nitrogen and oxygen atoms in total. The number of nitro benzene ring substituents is 2. The quantitative estimate of drug-likeness (QED) is 0.417. The minimum atomic E-state index is -1.02. The summed E-state index contributed by atoms with van der Waals surface area (Å²) in [5, 5.41) is 22.2. The second kappa shape index (κ2) is 7.92. The molecule has 0 aliphatic rings. The number of carbonyl (C=O) groups is 1. The second-order valence-corrected chi connectivity index (χ2v) is 4.94. The van der Waals surface area contributed by atoms with Crippen LogP contribution in [0.1, 0.15) is 15.9 Å². The highest BCUT2D eigenvalue weighted by Gasteiger charge is 2.26. The van der Waals surface area contributed by atoms with Crippen LogP contribution in [0.4, 0.5) is 11.4 Å². The van der Waals surface area contributed by atoms with E-state index < -0.39 is 28.1 Å². The molecule has 2 aromatic carbocycles. The molecule has 10 heteroatoms. The van der Waals surface area contributed by atoms with Gasteiger partial charge in [0.05, 0.1) is 35.7 Å². The van der Waals surface area contributed by atoms with E-state index in [1.807, 2.05) is 0 Å². The number of esters is 1. The standard InChI is InChI=1S/C16H14N2O8/c1-24-14-7-11(13(18(22)23)8-15(14)25-2)16(19)26-9-10-5-3-4-6-12(10)17(20)21/h3-8H,9H2,1-2H3. The summed E-state index contributed by atoms with van der Waals surface area (Å²) in [5.41, 5.74) is -0.947. The Kier molecular flexibility index (Phi) is 5.68. The number of ether oxygens (including phenoxy) is 3. The molecule has 0 heterocycles. The maximum Gasteiger partial charge on any atom is 0.345 e. The van der Waals surface area contributed by atoms with Gasteiger partial charge in [0.25, 0.3) is 11.4 Å². The molecule has 26 heavy (non-hydrogen) atoms. The van der Waals surface area contributed by atoms with Crippen molar-refractivity contribution < 1.29 is 28.9 Å². The van der Waals surface area contributed by atoms with Crippen LogP contribution in [0.2, 0.25) is 0 Å². The Morgan fingerprint density at radius 1 is 0.962 bits per heavy atom. The summed E-state index contributed by atoms with van der Waals surface area (Å²) in [6.45, 7) is -0.415. The minimum Gasteiger partial charge on any atom is -0.493 e. The lowest BCUT2D eigenvalue weighted by Gasteiger charge is -2.10. The Morgan fingerprint density at radius 2 is 1.54 bits per heavy atom. The largest absolute Gasteiger partial charge is 0.493 e. The molecular weight excluding hydrogens is 348 g/mol. The lowest BCUT2D eigenvalue weighted by molar-refractivity contribution is -0.385. The van der Waals surface area contributed by atoms with Crippen molar-refractivity contribution >= 4 is 17.3 Å². The molecule has 0 aromatic heterocycles. The summed E-state index contributed by atoms with van der Waals surface area (Å²) in [5.74, 6) is -0.832. The molecule has 0 fully saturated rings. The maximum absolute atomic E-state index is 12.3. The van der Waals surface area contributed by atoms with E-state index in [1.165, 1.54) is 32.4 Å². The van der Waals surface area contributed by atoms with Gasteiger partial charge in [0.2, 0.25) is 0 Å². The first kappa shape index (κ1) is 18.6. The zero-order chi connectivity index (χ0) is 19.3. The molecule has 0 atom stereocenters. The van der Waals surface area contributed by atoms with E-state index in [0.717, 1.165) is 12.1 Å². The predicted octanol–water partition coefficient (Wildman–Crippen LogP) is 2.88. The van der Waals surface area contributed by atoms with E-state index in [4.69, 9.17) is 14.2 Å². The highest BCUT2D eigenvalue weighted by atomic mass is 16.6. The number of nitrogens with zero attached hydrogens (tertiary/aromatic N) is 2. The molecule has 0 saturated heterocycles. The van der Waals surface area contributed by atoms with E-state index in [9.17, 15) is 25.0 Å². The molecule has 2 aromatic rings. The number of carbonyl (C=O) groups excluding carboxylic acids is 1. The zero-order valence-electron chi connectivity index (χ0n) is 13.8. The molecule has 0 amide bonds. The van der Waals surface area contributed by atoms with Gasteiger partial charge in [-0.1, -0.05) is 12.1 Å². The fourth-order valence-corrected chi connectivity index (χ4v) is 2.21. The molecule has 0 bridgehead atoms. The SMILES string of the molecule is COc1cc(C(=O)OCc2ccccc2[N+](=O)[O-])c([N+](=O)[O-])cc1OC. The fraction of sp³-hybridized carbons (Fsp3) is 0.188. The minimum absolute atomic E-state index is 0.0782. The van der Waals surface area contributed by atoms with Crippen molar-refractivity contribution in [3.63, 3.8) is 0 Å². The lowest BCUT2D eigenvalue weighted by Crippen LogP contribution is -2.10. The molecular formula is C16H14N2O8. The Balaban J connectivity index is 2.32. The van der Waals surface area contributed by atoms with Gasteiger partial charge < -0.3 is 14.2 Å². The second-order valence-electron chi connectivity index (χ2n) is 4.94. The topological polar surface area (TPSA) is 131 Å². The van der Waals surface area contributed by atoms with Gasteiger partial charge in [0.1, 0.15) is 12.2 Å². The molecule has 0 spiro atoms. The fourth-order valence-electron chi connectivity index (χ4n) is 2.21. The van der Waals surface area contributed by atoms with E-state index >= 15 is 0 Å². The molecule has 2 rings (SSSR count). The predicted molar refractivity (Wildman–Crippen MR) is 88.4 cm³/mol. The van der Waals surface area contributed by atoms with Crippen LogP contribution < -0.4 is 9.47 Å². The van der Waals surface area contributed by atoms with Crippen molar-refractivity contribution in [1.29, 1.82) is 0 Å².